The second-order valence-electron chi connectivity index (χ2n) is 5.40. The van der Waals surface area contributed by atoms with Crippen molar-refractivity contribution in [2.45, 2.75) is 44.6 Å². The second-order valence-corrected chi connectivity index (χ2v) is 5.40. The highest BCUT2D eigenvalue weighted by Gasteiger charge is 2.15. The van der Waals surface area contributed by atoms with Gasteiger partial charge >= 0.3 is 6.03 Å². The number of carbonyl (C=O) groups is 2. The third-order valence-electron chi connectivity index (χ3n) is 3.64. The predicted octanol–water partition coefficient (Wildman–Crippen LogP) is 2.65. The molecule has 0 spiro atoms. The minimum Gasteiger partial charge on any atom is -0.353 e. The summed E-state index contributed by atoms with van der Waals surface area (Å²) in [4.78, 5) is 23.4. The van der Waals surface area contributed by atoms with E-state index in [1.165, 1.54) is 19.3 Å². The van der Waals surface area contributed by atoms with E-state index in [4.69, 9.17) is 0 Å². The zero-order chi connectivity index (χ0) is 14.9. The highest BCUT2D eigenvalue weighted by Crippen LogP contribution is 2.17. The van der Waals surface area contributed by atoms with Gasteiger partial charge in [0.25, 0.3) is 0 Å². The Kier molecular flexibility index (Phi) is 6.06. The van der Waals surface area contributed by atoms with Gasteiger partial charge in [0.1, 0.15) is 0 Å². The van der Waals surface area contributed by atoms with E-state index in [1.54, 1.807) is 0 Å². The molecule has 2 rings (SSSR count). The van der Waals surface area contributed by atoms with Gasteiger partial charge in [-0.1, -0.05) is 37.5 Å². The molecule has 114 valence electrons. The quantitative estimate of drug-likeness (QED) is 0.780. The predicted molar refractivity (Wildman–Crippen MR) is 83.1 cm³/mol. The molecule has 0 heterocycles. The first kappa shape index (κ1) is 15.4. The van der Waals surface area contributed by atoms with Crippen LogP contribution in [0.3, 0.4) is 0 Å². The smallest absolute Gasteiger partial charge is 0.319 e. The lowest BCUT2D eigenvalue weighted by Crippen LogP contribution is -2.38. The summed E-state index contributed by atoms with van der Waals surface area (Å²) in [6.45, 7) is 0.344. The number of amides is 3. The van der Waals surface area contributed by atoms with Crippen LogP contribution in [0, 0.1) is 0 Å². The number of hydrogen-bond donors (Lipinski definition) is 3. The lowest BCUT2D eigenvalue weighted by atomic mass is 9.95. The van der Waals surface area contributed by atoms with Crippen LogP contribution in [0.25, 0.3) is 0 Å². The first-order valence-corrected chi connectivity index (χ1v) is 7.63. The zero-order valence-electron chi connectivity index (χ0n) is 12.2. The van der Waals surface area contributed by atoms with E-state index in [9.17, 15) is 9.59 Å². The monoisotopic (exact) mass is 289 g/mol. The number of rotatable bonds is 5. The fourth-order valence-electron chi connectivity index (χ4n) is 2.53. The van der Waals surface area contributed by atoms with Gasteiger partial charge in [-0.25, -0.2) is 4.79 Å². The van der Waals surface area contributed by atoms with Crippen molar-refractivity contribution in [2.75, 3.05) is 11.9 Å². The molecule has 5 nitrogen and oxygen atoms in total. The van der Waals surface area contributed by atoms with Crippen molar-refractivity contribution in [3.8, 4) is 0 Å². The molecule has 1 fully saturated rings. The topological polar surface area (TPSA) is 70.2 Å². The van der Waals surface area contributed by atoms with E-state index in [1.807, 2.05) is 30.3 Å². The number of anilines is 1. The molecule has 0 saturated heterocycles. The number of benzene rings is 1. The number of urea groups is 1. The summed E-state index contributed by atoms with van der Waals surface area (Å²) in [5.41, 5.74) is 0.738. The SMILES string of the molecule is O=C(CCNC(=O)Nc1ccccc1)NC1CCCCC1. The Morgan fingerprint density at radius 1 is 1.05 bits per heavy atom. The van der Waals surface area contributed by atoms with Crippen molar-refractivity contribution in [2.24, 2.45) is 0 Å². The Balaban J connectivity index is 1.60. The molecule has 0 unspecified atom stereocenters. The summed E-state index contributed by atoms with van der Waals surface area (Å²) in [5.74, 6) is 0.0157. The Labute approximate surface area is 125 Å². The molecular formula is C16H23N3O2. The molecule has 1 aromatic carbocycles. The van der Waals surface area contributed by atoms with Crippen LogP contribution in [-0.4, -0.2) is 24.5 Å². The van der Waals surface area contributed by atoms with Gasteiger partial charge in [-0.15, -0.1) is 0 Å². The number of hydrogen-bond acceptors (Lipinski definition) is 2. The molecule has 0 aromatic heterocycles. The van der Waals surface area contributed by atoms with Gasteiger partial charge in [-0.2, -0.15) is 0 Å². The normalized spacial score (nSPS) is 15.2. The Bertz CT molecular complexity index is 456. The minimum absolute atomic E-state index is 0.0157. The summed E-state index contributed by atoms with van der Waals surface area (Å²) >= 11 is 0. The maximum atomic E-state index is 11.8. The first-order chi connectivity index (χ1) is 10.2. The number of carbonyl (C=O) groups excluding carboxylic acids is 2. The molecule has 3 amide bonds. The van der Waals surface area contributed by atoms with Crippen LogP contribution in [0.4, 0.5) is 10.5 Å². The average molecular weight is 289 g/mol. The maximum Gasteiger partial charge on any atom is 0.319 e. The highest BCUT2D eigenvalue weighted by atomic mass is 16.2. The molecule has 0 bridgehead atoms. The third-order valence-corrected chi connectivity index (χ3v) is 3.64. The summed E-state index contributed by atoms with van der Waals surface area (Å²) in [6.07, 6.45) is 6.14. The molecule has 1 aliphatic carbocycles. The molecule has 5 heteroatoms. The van der Waals surface area contributed by atoms with E-state index in [0.717, 1.165) is 18.5 Å². The second kappa shape index (κ2) is 8.29. The van der Waals surface area contributed by atoms with Crippen molar-refractivity contribution in [1.29, 1.82) is 0 Å². The van der Waals surface area contributed by atoms with Crippen LogP contribution in [0.1, 0.15) is 38.5 Å². The summed E-state index contributed by atoms with van der Waals surface area (Å²) in [7, 11) is 0. The van der Waals surface area contributed by atoms with Gasteiger partial charge in [-0.3, -0.25) is 4.79 Å². The molecule has 21 heavy (non-hydrogen) atoms. The van der Waals surface area contributed by atoms with Crippen molar-refractivity contribution < 1.29 is 9.59 Å². The van der Waals surface area contributed by atoms with E-state index >= 15 is 0 Å². The molecule has 1 aromatic rings. The van der Waals surface area contributed by atoms with E-state index in [-0.39, 0.29) is 11.9 Å². The lowest BCUT2D eigenvalue weighted by molar-refractivity contribution is -0.121. The van der Waals surface area contributed by atoms with Crippen LogP contribution in [0.2, 0.25) is 0 Å². The summed E-state index contributed by atoms with van der Waals surface area (Å²) in [6, 6.07) is 9.26. The average Bonchev–Trinajstić information content (AvgIpc) is 2.49. The van der Waals surface area contributed by atoms with Gasteiger partial charge in [0.2, 0.25) is 5.91 Å². The largest absolute Gasteiger partial charge is 0.353 e. The number of para-hydroxylation sites is 1. The standard InChI is InChI=1S/C16H23N3O2/c20-15(18-13-7-3-1-4-8-13)11-12-17-16(21)19-14-9-5-2-6-10-14/h2,5-6,9-10,13H,1,3-4,7-8,11-12H2,(H,18,20)(H2,17,19,21). The first-order valence-electron chi connectivity index (χ1n) is 7.63. The Morgan fingerprint density at radius 3 is 2.48 bits per heavy atom. The van der Waals surface area contributed by atoms with E-state index in [2.05, 4.69) is 16.0 Å². The van der Waals surface area contributed by atoms with Crippen molar-refractivity contribution >= 4 is 17.6 Å². The minimum atomic E-state index is -0.285. The third kappa shape index (κ3) is 5.85. The maximum absolute atomic E-state index is 11.8. The van der Waals surface area contributed by atoms with E-state index in [0.29, 0.717) is 19.0 Å². The van der Waals surface area contributed by atoms with Crippen molar-refractivity contribution in [1.82, 2.24) is 10.6 Å². The zero-order valence-corrected chi connectivity index (χ0v) is 12.2. The van der Waals surface area contributed by atoms with Gasteiger partial charge in [0.15, 0.2) is 0 Å². The molecule has 1 saturated carbocycles. The van der Waals surface area contributed by atoms with Crippen molar-refractivity contribution in [3.05, 3.63) is 30.3 Å². The molecule has 1 aliphatic rings. The highest BCUT2D eigenvalue weighted by molar-refractivity contribution is 5.89. The molecule has 3 N–H and O–H groups in total. The lowest BCUT2D eigenvalue weighted by Gasteiger charge is -2.22. The van der Waals surface area contributed by atoms with E-state index < -0.39 is 0 Å². The van der Waals surface area contributed by atoms with Gasteiger partial charge < -0.3 is 16.0 Å². The molecule has 0 atom stereocenters. The van der Waals surface area contributed by atoms with Gasteiger partial charge in [-0.05, 0) is 25.0 Å². The van der Waals surface area contributed by atoms with Crippen LogP contribution < -0.4 is 16.0 Å². The van der Waals surface area contributed by atoms with Gasteiger partial charge in [0, 0.05) is 24.7 Å². The molecule has 0 radical (unpaired) electrons. The van der Waals surface area contributed by atoms with Crippen LogP contribution in [0.5, 0.6) is 0 Å². The fraction of sp³-hybridized carbons (Fsp3) is 0.500. The Hall–Kier alpha value is -2.04. The van der Waals surface area contributed by atoms with Crippen molar-refractivity contribution in [3.63, 3.8) is 0 Å². The summed E-state index contributed by atoms with van der Waals surface area (Å²) in [5, 5.41) is 8.44. The molecular weight excluding hydrogens is 266 g/mol. The van der Waals surface area contributed by atoms with Crippen LogP contribution in [-0.2, 0) is 4.79 Å². The summed E-state index contributed by atoms with van der Waals surface area (Å²) < 4.78 is 0. The van der Waals surface area contributed by atoms with Crippen LogP contribution in [0.15, 0.2) is 30.3 Å². The molecule has 0 aliphatic heterocycles. The van der Waals surface area contributed by atoms with Gasteiger partial charge in [0.05, 0.1) is 0 Å². The Morgan fingerprint density at radius 2 is 1.76 bits per heavy atom. The van der Waals surface area contributed by atoms with Crippen LogP contribution >= 0.6 is 0 Å². The number of nitrogens with one attached hydrogen (secondary N) is 3. The fourth-order valence-corrected chi connectivity index (χ4v) is 2.53.